The third-order valence-corrected chi connectivity index (χ3v) is 5.45. The van der Waals surface area contributed by atoms with Crippen molar-refractivity contribution in [3.05, 3.63) is 40.8 Å². The lowest BCUT2D eigenvalue weighted by atomic mass is 10.1. The van der Waals surface area contributed by atoms with Gasteiger partial charge in [-0.25, -0.2) is 9.97 Å². The number of pyridine rings is 1. The van der Waals surface area contributed by atoms with Gasteiger partial charge in [0.2, 0.25) is 5.95 Å². The van der Waals surface area contributed by atoms with E-state index >= 15 is 0 Å². The second-order valence-electron chi connectivity index (χ2n) is 6.43. The molecule has 8 heteroatoms. The first-order valence-electron chi connectivity index (χ1n) is 8.73. The van der Waals surface area contributed by atoms with Crippen LogP contribution in [-0.4, -0.2) is 43.8 Å². The molecule has 0 aromatic carbocycles. The highest BCUT2D eigenvalue weighted by Gasteiger charge is 2.25. The summed E-state index contributed by atoms with van der Waals surface area (Å²) in [5.74, 6) is 0.386. The Balaban J connectivity index is 1.70. The van der Waals surface area contributed by atoms with E-state index in [1.54, 1.807) is 12.4 Å². The first-order valence-corrected chi connectivity index (χ1v) is 9.54. The molecule has 1 aliphatic heterocycles. The van der Waals surface area contributed by atoms with Gasteiger partial charge in [0.05, 0.1) is 11.0 Å². The fourth-order valence-electron chi connectivity index (χ4n) is 3.12. The zero-order valence-electron chi connectivity index (χ0n) is 14.8. The highest BCUT2D eigenvalue weighted by atomic mass is 32.1. The molecule has 1 fully saturated rings. The highest BCUT2D eigenvalue weighted by molar-refractivity contribution is 7.18. The minimum absolute atomic E-state index is 0.0318. The lowest BCUT2D eigenvalue weighted by molar-refractivity contribution is 0.0789. The van der Waals surface area contributed by atoms with E-state index in [0.717, 1.165) is 41.2 Å². The maximum Gasteiger partial charge on any atom is 0.274 e. The SMILES string of the molecule is Cc1nc2nc(NC(C)c3cccnc3)nc(C(=O)N3CCCC3)c2s1. The summed E-state index contributed by atoms with van der Waals surface area (Å²) in [7, 11) is 0. The smallest absolute Gasteiger partial charge is 0.274 e. The summed E-state index contributed by atoms with van der Waals surface area (Å²) >= 11 is 1.47. The summed E-state index contributed by atoms with van der Waals surface area (Å²) in [6, 6.07) is 3.85. The Morgan fingerprint density at radius 1 is 1.27 bits per heavy atom. The summed E-state index contributed by atoms with van der Waals surface area (Å²) in [6.07, 6.45) is 5.64. The number of hydrogen-bond acceptors (Lipinski definition) is 7. The molecule has 4 heterocycles. The Bertz CT molecular complexity index is 936. The van der Waals surface area contributed by atoms with Crippen LogP contribution >= 0.6 is 11.3 Å². The Morgan fingerprint density at radius 3 is 2.81 bits per heavy atom. The van der Waals surface area contributed by atoms with Crippen LogP contribution in [0.3, 0.4) is 0 Å². The van der Waals surface area contributed by atoms with Crippen LogP contribution in [0.1, 0.15) is 46.9 Å². The Morgan fingerprint density at radius 2 is 2.08 bits per heavy atom. The Kier molecular flexibility index (Phi) is 4.50. The van der Waals surface area contributed by atoms with Crippen LogP contribution in [0.25, 0.3) is 10.3 Å². The molecule has 3 aromatic heterocycles. The molecule has 0 bridgehead atoms. The molecular formula is C18H20N6OS. The number of likely N-dealkylation sites (tertiary alicyclic amines) is 1. The summed E-state index contributed by atoms with van der Waals surface area (Å²) in [5, 5.41) is 4.15. The number of carbonyl (C=O) groups excluding carboxylic acids is 1. The molecule has 4 rings (SSSR count). The molecule has 1 unspecified atom stereocenters. The average molecular weight is 368 g/mol. The second kappa shape index (κ2) is 6.95. The lowest BCUT2D eigenvalue weighted by Crippen LogP contribution is -2.29. The Hall–Kier alpha value is -2.61. The van der Waals surface area contributed by atoms with Gasteiger partial charge in [0.25, 0.3) is 5.91 Å². The van der Waals surface area contributed by atoms with Crippen LogP contribution in [0.5, 0.6) is 0 Å². The molecule has 0 spiro atoms. The lowest BCUT2D eigenvalue weighted by Gasteiger charge is -2.17. The fourth-order valence-corrected chi connectivity index (χ4v) is 3.96. The van der Waals surface area contributed by atoms with Gasteiger partial charge in [-0.1, -0.05) is 6.07 Å². The monoisotopic (exact) mass is 368 g/mol. The number of anilines is 1. The van der Waals surface area contributed by atoms with Gasteiger partial charge in [-0.3, -0.25) is 9.78 Å². The van der Waals surface area contributed by atoms with E-state index < -0.39 is 0 Å². The van der Waals surface area contributed by atoms with Gasteiger partial charge in [0.1, 0.15) is 4.70 Å². The van der Waals surface area contributed by atoms with Gasteiger partial charge in [-0.2, -0.15) is 4.98 Å². The zero-order chi connectivity index (χ0) is 18.1. The molecule has 1 N–H and O–H groups in total. The minimum Gasteiger partial charge on any atom is -0.348 e. The van der Waals surface area contributed by atoms with Crippen LogP contribution in [0.2, 0.25) is 0 Å². The van der Waals surface area contributed by atoms with Gasteiger partial charge in [0, 0.05) is 25.5 Å². The third-order valence-electron chi connectivity index (χ3n) is 4.49. The van der Waals surface area contributed by atoms with Crippen molar-refractivity contribution in [2.24, 2.45) is 0 Å². The molecule has 7 nitrogen and oxygen atoms in total. The first kappa shape index (κ1) is 16.8. The molecule has 134 valence electrons. The van der Waals surface area contributed by atoms with Crippen LogP contribution in [-0.2, 0) is 0 Å². The van der Waals surface area contributed by atoms with E-state index in [0.29, 0.717) is 17.3 Å². The predicted molar refractivity (Wildman–Crippen MR) is 101 cm³/mol. The summed E-state index contributed by atoms with van der Waals surface area (Å²) in [5.41, 5.74) is 2.05. The van der Waals surface area contributed by atoms with Crippen LogP contribution < -0.4 is 5.32 Å². The van der Waals surface area contributed by atoms with E-state index in [2.05, 4.69) is 25.3 Å². The largest absolute Gasteiger partial charge is 0.348 e. The van der Waals surface area contributed by atoms with Crippen molar-refractivity contribution in [2.75, 3.05) is 18.4 Å². The molecule has 1 amide bonds. The predicted octanol–water partition coefficient (Wildman–Crippen LogP) is 3.20. The molecule has 0 aliphatic carbocycles. The standard InChI is InChI=1S/C18H20N6OS/c1-11(13-6-5-7-19-10-13)20-18-22-14(17(25)24-8-3-4-9-24)15-16(23-18)21-12(2)26-15/h5-7,10-11H,3-4,8-9H2,1-2H3,(H,20,22,23). The summed E-state index contributed by atoms with van der Waals surface area (Å²) in [4.78, 5) is 32.5. The van der Waals surface area contributed by atoms with Crippen molar-refractivity contribution in [3.63, 3.8) is 0 Å². The Labute approximate surface area is 155 Å². The number of aromatic nitrogens is 4. The van der Waals surface area contributed by atoms with Crippen molar-refractivity contribution in [1.82, 2.24) is 24.8 Å². The van der Waals surface area contributed by atoms with E-state index in [4.69, 9.17) is 0 Å². The van der Waals surface area contributed by atoms with Crippen LogP contribution in [0.15, 0.2) is 24.5 Å². The number of amides is 1. The van der Waals surface area contributed by atoms with Gasteiger partial charge in [-0.05, 0) is 38.3 Å². The molecule has 0 radical (unpaired) electrons. The van der Waals surface area contributed by atoms with Crippen molar-refractivity contribution in [3.8, 4) is 0 Å². The average Bonchev–Trinajstić information content (AvgIpc) is 3.30. The van der Waals surface area contributed by atoms with Crippen molar-refractivity contribution in [2.45, 2.75) is 32.7 Å². The minimum atomic E-state index is -0.0318. The topological polar surface area (TPSA) is 83.9 Å². The highest BCUT2D eigenvalue weighted by Crippen LogP contribution is 2.27. The second-order valence-corrected chi connectivity index (χ2v) is 7.64. The van der Waals surface area contributed by atoms with Gasteiger partial charge in [0.15, 0.2) is 11.3 Å². The van der Waals surface area contributed by atoms with Crippen molar-refractivity contribution >= 4 is 33.5 Å². The molecule has 3 aromatic rings. The van der Waals surface area contributed by atoms with E-state index in [1.165, 1.54) is 11.3 Å². The molecule has 1 saturated heterocycles. The van der Waals surface area contributed by atoms with E-state index in [-0.39, 0.29) is 11.9 Å². The summed E-state index contributed by atoms with van der Waals surface area (Å²) < 4.78 is 0.763. The maximum atomic E-state index is 13.0. The maximum absolute atomic E-state index is 13.0. The number of aryl methyl sites for hydroxylation is 1. The van der Waals surface area contributed by atoms with Crippen LogP contribution in [0.4, 0.5) is 5.95 Å². The summed E-state index contributed by atoms with van der Waals surface area (Å²) in [6.45, 7) is 5.51. The number of carbonyl (C=O) groups is 1. The molecule has 26 heavy (non-hydrogen) atoms. The molecule has 0 saturated carbocycles. The number of hydrogen-bond donors (Lipinski definition) is 1. The fraction of sp³-hybridized carbons (Fsp3) is 0.389. The zero-order valence-corrected chi connectivity index (χ0v) is 15.6. The van der Waals surface area contributed by atoms with Crippen molar-refractivity contribution < 1.29 is 4.79 Å². The van der Waals surface area contributed by atoms with Gasteiger partial charge < -0.3 is 10.2 Å². The number of fused-ring (bicyclic) bond motifs is 1. The van der Waals surface area contributed by atoms with Crippen molar-refractivity contribution in [1.29, 1.82) is 0 Å². The van der Waals surface area contributed by atoms with E-state index in [9.17, 15) is 4.79 Å². The molecule has 1 atom stereocenters. The third kappa shape index (κ3) is 3.24. The van der Waals surface area contributed by atoms with Crippen LogP contribution in [0, 0.1) is 6.92 Å². The number of rotatable bonds is 4. The first-order chi connectivity index (χ1) is 12.6. The molecule has 1 aliphatic rings. The number of thiazole rings is 1. The number of nitrogens with one attached hydrogen (secondary N) is 1. The normalized spacial score (nSPS) is 15.4. The number of nitrogens with zero attached hydrogens (tertiary/aromatic N) is 5. The van der Waals surface area contributed by atoms with Gasteiger partial charge >= 0.3 is 0 Å². The quantitative estimate of drug-likeness (QED) is 0.761. The van der Waals surface area contributed by atoms with Gasteiger partial charge in [-0.15, -0.1) is 11.3 Å². The molecular weight excluding hydrogens is 348 g/mol. The van der Waals surface area contributed by atoms with E-state index in [1.807, 2.05) is 30.9 Å².